The molecule has 1 aliphatic carbocycles. The van der Waals surface area contributed by atoms with E-state index in [1.807, 2.05) is 13.0 Å². The number of aryl methyl sites for hydroxylation is 1. The Morgan fingerprint density at radius 2 is 1.82 bits per heavy atom. The summed E-state index contributed by atoms with van der Waals surface area (Å²) in [5.41, 5.74) is 1.86. The minimum atomic E-state index is -1.11. The number of carbonyl (C=O) groups excluding carboxylic acids is 2. The summed E-state index contributed by atoms with van der Waals surface area (Å²) >= 11 is 0. The largest absolute Gasteiger partial charge is 0.484 e. The van der Waals surface area contributed by atoms with E-state index in [-0.39, 0.29) is 18.2 Å². The van der Waals surface area contributed by atoms with Crippen LogP contribution in [0.3, 0.4) is 0 Å². The quantitative estimate of drug-likeness (QED) is 0.452. The summed E-state index contributed by atoms with van der Waals surface area (Å²) in [6.07, 6.45) is 4.45. The molecular weight excluding hydrogens is 440 g/mol. The molecule has 2 atom stereocenters. The predicted molar refractivity (Wildman–Crippen MR) is 126 cm³/mol. The van der Waals surface area contributed by atoms with Crippen molar-refractivity contribution in [2.24, 2.45) is 5.92 Å². The Morgan fingerprint density at radius 3 is 2.47 bits per heavy atom. The van der Waals surface area contributed by atoms with Gasteiger partial charge in [0.05, 0.1) is 0 Å². The minimum Gasteiger partial charge on any atom is -0.484 e. The van der Waals surface area contributed by atoms with Gasteiger partial charge >= 0.3 is 11.6 Å². The van der Waals surface area contributed by atoms with Crippen LogP contribution in [-0.4, -0.2) is 41.6 Å². The van der Waals surface area contributed by atoms with Gasteiger partial charge in [-0.3, -0.25) is 9.59 Å². The second kappa shape index (κ2) is 11.2. The number of carboxylic acids is 1. The second-order valence-corrected chi connectivity index (χ2v) is 8.98. The molecule has 1 heterocycles. The average molecular weight is 473 g/mol. The number of carboxylic acid groups (broad SMARTS) is 1. The topological polar surface area (TPSA) is 135 Å². The molecular formula is C25H32N2O7. The third kappa shape index (κ3) is 5.95. The SMILES string of the molecule is CCCC(NC(=O)[C@@H](NC(=O)COc1ccc2c3c(c(=O)oc2c1)CCCC3)C(C)C)C(=O)O. The van der Waals surface area contributed by atoms with Gasteiger partial charge in [-0.25, -0.2) is 9.59 Å². The predicted octanol–water partition coefficient (Wildman–Crippen LogP) is 2.56. The number of nitrogens with one attached hydrogen (secondary N) is 2. The lowest BCUT2D eigenvalue weighted by Gasteiger charge is -2.24. The van der Waals surface area contributed by atoms with Crippen LogP contribution in [0, 0.1) is 5.92 Å². The molecule has 0 fully saturated rings. The third-order valence-electron chi connectivity index (χ3n) is 6.02. The summed E-state index contributed by atoms with van der Waals surface area (Å²) in [5.74, 6) is -2.09. The Hall–Kier alpha value is -3.36. The van der Waals surface area contributed by atoms with Gasteiger partial charge in [-0.2, -0.15) is 0 Å². The van der Waals surface area contributed by atoms with Gasteiger partial charge in [-0.1, -0.05) is 27.2 Å². The van der Waals surface area contributed by atoms with Crippen molar-refractivity contribution in [2.45, 2.75) is 71.4 Å². The Bertz CT molecular complexity index is 1120. The van der Waals surface area contributed by atoms with Gasteiger partial charge in [0.25, 0.3) is 5.91 Å². The van der Waals surface area contributed by atoms with E-state index in [1.54, 1.807) is 26.0 Å². The Balaban J connectivity index is 1.65. The fourth-order valence-electron chi connectivity index (χ4n) is 4.22. The number of aliphatic carboxylic acids is 1. The van der Waals surface area contributed by atoms with Crippen molar-refractivity contribution in [1.29, 1.82) is 0 Å². The van der Waals surface area contributed by atoms with Crippen LogP contribution < -0.4 is 21.0 Å². The summed E-state index contributed by atoms with van der Waals surface area (Å²) in [6, 6.07) is 3.23. The van der Waals surface area contributed by atoms with Crippen LogP contribution >= 0.6 is 0 Å². The lowest BCUT2D eigenvalue weighted by molar-refractivity contribution is -0.142. The van der Waals surface area contributed by atoms with E-state index in [9.17, 15) is 24.3 Å². The highest BCUT2D eigenvalue weighted by Gasteiger charge is 2.28. The van der Waals surface area contributed by atoms with Gasteiger partial charge in [0.2, 0.25) is 5.91 Å². The van der Waals surface area contributed by atoms with Crippen molar-refractivity contribution in [3.63, 3.8) is 0 Å². The highest BCUT2D eigenvalue weighted by Crippen LogP contribution is 2.29. The lowest BCUT2D eigenvalue weighted by Crippen LogP contribution is -2.54. The molecule has 34 heavy (non-hydrogen) atoms. The van der Waals surface area contributed by atoms with E-state index < -0.39 is 29.9 Å². The van der Waals surface area contributed by atoms with E-state index in [0.717, 1.165) is 42.2 Å². The van der Waals surface area contributed by atoms with Crippen molar-refractivity contribution in [1.82, 2.24) is 10.6 Å². The number of hydrogen-bond acceptors (Lipinski definition) is 6. The van der Waals surface area contributed by atoms with E-state index in [1.165, 1.54) is 0 Å². The Kier molecular flexibility index (Phi) is 8.31. The number of rotatable bonds is 10. The first-order valence-electron chi connectivity index (χ1n) is 11.7. The summed E-state index contributed by atoms with van der Waals surface area (Å²) in [6.45, 7) is 4.99. The van der Waals surface area contributed by atoms with Gasteiger partial charge < -0.3 is 24.9 Å². The number of fused-ring (bicyclic) bond motifs is 3. The summed E-state index contributed by atoms with van der Waals surface area (Å²) in [5, 5.41) is 15.3. The lowest BCUT2D eigenvalue weighted by atomic mass is 9.91. The van der Waals surface area contributed by atoms with E-state index in [0.29, 0.717) is 24.2 Å². The van der Waals surface area contributed by atoms with Crippen LogP contribution in [0.2, 0.25) is 0 Å². The number of carbonyl (C=O) groups is 3. The van der Waals surface area contributed by atoms with Crippen LogP contribution in [0.25, 0.3) is 11.0 Å². The molecule has 2 amide bonds. The summed E-state index contributed by atoms with van der Waals surface area (Å²) < 4.78 is 11.1. The van der Waals surface area contributed by atoms with E-state index in [2.05, 4.69) is 10.6 Å². The van der Waals surface area contributed by atoms with Gasteiger partial charge in [0, 0.05) is 17.0 Å². The molecule has 2 aromatic rings. The molecule has 1 aromatic heterocycles. The maximum absolute atomic E-state index is 12.6. The minimum absolute atomic E-state index is 0.263. The Labute approximate surface area is 197 Å². The van der Waals surface area contributed by atoms with Crippen LogP contribution in [-0.2, 0) is 27.2 Å². The van der Waals surface area contributed by atoms with Crippen LogP contribution in [0.1, 0.15) is 57.6 Å². The zero-order valence-electron chi connectivity index (χ0n) is 19.8. The van der Waals surface area contributed by atoms with Gasteiger partial charge in [-0.05, 0) is 55.7 Å². The zero-order valence-corrected chi connectivity index (χ0v) is 19.8. The first-order chi connectivity index (χ1) is 16.2. The molecule has 3 N–H and O–H groups in total. The van der Waals surface area contributed by atoms with Crippen LogP contribution in [0.15, 0.2) is 27.4 Å². The van der Waals surface area contributed by atoms with Crippen molar-refractivity contribution >= 4 is 28.8 Å². The molecule has 9 nitrogen and oxygen atoms in total. The van der Waals surface area contributed by atoms with E-state index >= 15 is 0 Å². The molecule has 0 saturated carbocycles. The van der Waals surface area contributed by atoms with Gasteiger partial charge in [-0.15, -0.1) is 0 Å². The number of hydrogen-bond donors (Lipinski definition) is 3. The smallest absolute Gasteiger partial charge is 0.339 e. The first kappa shape index (κ1) is 25.3. The normalized spacial score (nSPS) is 14.8. The third-order valence-corrected chi connectivity index (χ3v) is 6.02. The van der Waals surface area contributed by atoms with Crippen molar-refractivity contribution < 1.29 is 28.6 Å². The summed E-state index contributed by atoms with van der Waals surface area (Å²) in [4.78, 5) is 48.8. The number of ether oxygens (including phenoxy) is 1. The maximum Gasteiger partial charge on any atom is 0.339 e. The molecule has 0 bridgehead atoms. The van der Waals surface area contributed by atoms with Gasteiger partial charge in [0.1, 0.15) is 23.4 Å². The van der Waals surface area contributed by atoms with Gasteiger partial charge in [0.15, 0.2) is 6.61 Å². The number of amides is 2. The summed E-state index contributed by atoms with van der Waals surface area (Å²) in [7, 11) is 0. The standard InChI is InChI=1S/C25H32N2O7/c1-4-7-19(24(30)31)26-23(29)22(14(2)3)27-21(28)13-33-15-10-11-17-16-8-5-6-9-18(16)25(32)34-20(17)12-15/h10-12,14,19,22H,4-9,13H2,1-3H3,(H,26,29)(H,27,28)(H,30,31)/t19?,22-/m0/s1. The fourth-order valence-corrected chi connectivity index (χ4v) is 4.22. The highest BCUT2D eigenvalue weighted by atomic mass is 16.5. The molecule has 1 aliphatic rings. The molecule has 1 aromatic carbocycles. The molecule has 3 rings (SSSR count). The van der Waals surface area contributed by atoms with Crippen molar-refractivity contribution in [3.05, 3.63) is 39.7 Å². The molecule has 0 spiro atoms. The second-order valence-electron chi connectivity index (χ2n) is 8.98. The van der Waals surface area contributed by atoms with Crippen LogP contribution in [0.4, 0.5) is 0 Å². The molecule has 0 radical (unpaired) electrons. The fraction of sp³-hybridized carbons (Fsp3) is 0.520. The molecule has 0 saturated heterocycles. The van der Waals surface area contributed by atoms with Crippen molar-refractivity contribution in [3.8, 4) is 5.75 Å². The first-order valence-corrected chi connectivity index (χ1v) is 11.7. The zero-order chi connectivity index (χ0) is 24.8. The molecule has 184 valence electrons. The average Bonchev–Trinajstić information content (AvgIpc) is 2.80. The monoisotopic (exact) mass is 472 g/mol. The highest BCUT2D eigenvalue weighted by molar-refractivity contribution is 5.91. The molecule has 1 unspecified atom stereocenters. The molecule has 9 heteroatoms. The maximum atomic E-state index is 12.6. The van der Waals surface area contributed by atoms with Crippen molar-refractivity contribution in [2.75, 3.05) is 6.61 Å². The van der Waals surface area contributed by atoms with Crippen LogP contribution in [0.5, 0.6) is 5.75 Å². The number of benzene rings is 1. The van der Waals surface area contributed by atoms with E-state index in [4.69, 9.17) is 9.15 Å². The molecule has 0 aliphatic heterocycles. The Morgan fingerprint density at radius 1 is 1.12 bits per heavy atom.